The van der Waals surface area contributed by atoms with E-state index in [1.165, 1.54) is 16.3 Å². The maximum atomic E-state index is 12.6. The first kappa shape index (κ1) is 22.2. The predicted octanol–water partition coefficient (Wildman–Crippen LogP) is 2.81. The van der Waals surface area contributed by atoms with Crippen LogP contribution in [0.5, 0.6) is 5.75 Å². The van der Waals surface area contributed by atoms with Gasteiger partial charge in [0.1, 0.15) is 18.5 Å². The van der Waals surface area contributed by atoms with E-state index in [1.54, 1.807) is 35.9 Å². The van der Waals surface area contributed by atoms with Crippen LogP contribution in [0, 0.1) is 0 Å². The SMILES string of the molecule is Cn1c(=O)[nH]c(=O)c2c1nc(SCc1ccccc1)n2C[C@H](O)COc1ccc(Cl)cc1. The maximum absolute atomic E-state index is 12.6. The molecular formula is C22H21ClN4O4S. The van der Waals surface area contributed by atoms with Gasteiger partial charge >= 0.3 is 5.69 Å². The Labute approximate surface area is 192 Å². The van der Waals surface area contributed by atoms with E-state index in [1.807, 2.05) is 30.3 Å². The summed E-state index contributed by atoms with van der Waals surface area (Å²) >= 11 is 7.30. The van der Waals surface area contributed by atoms with Crippen molar-refractivity contribution in [3.05, 3.63) is 86.0 Å². The zero-order chi connectivity index (χ0) is 22.7. The van der Waals surface area contributed by atoms with Crippen LogP contribution in [0.4, 0.5) is 0 Å². The lowest BCUT2D eigenvalue weighted by Gasteiger charge is -2.15. The third kappa shape index (κ3) is 4.90. The van der Waals surface area contributed by atoms with E-state index in [9.17, 15) is 14.7 Å². The van der Waals surface area contributed by atoms with E-state index in [4.69, 9.17) is 16.3 Å². The molecule has 0 bridgehead atoms. The monoisotopic (exact) mass is 472 g/mol. The fourth-order valence-corrected chi connectivity index (χ4v) is 4.29. The summed E-state index contributed by atoms with van der Waals surface area (Å²) in [6.07, 6.45) is -0.921. The van der Waals surface area contributed by atoms with Crippen molar-refractivity contribution >= 4 is 34.5 Å². The highest BCUT2D eigenvalue weighted by molar-refractivity contribution is 7.98. The molecular weight excluding hydrogens is 452 g/mol. The van der Waals surface area contributed by atoms with E-state index in [0.717, 1.165) is 5.56 Å². The Kier molecular flexibility index (Phi) is 6.69. The molecule has 2 aromatic carbocycles. The minimum absolute atomic E-state index is 0.00770. The quantitative estimate of drug-likeness (QED) is 0.382. The maximum Gasteiger partial charge on any atom is 0.329 e. The second-order valence-electron chi connectivity index (χ2n) is 7.19. The molecule has 4 rings (SSSR count). The van der Waals surface area contributed by atoms with Gasteiger partial charge in [-0.25, -0.2) is 9.78 Å². The zero-order valence-electron chi connectivity index (χ0n) is 17.2. The Hall–Kier alpha value is -3.01. The van der Waals surface area contributed by atoms with E-state index in [2.05, 4.69) is 9.97 Å². The van der Waals surface area contributed by atoms with Gasteiger partial charge in [0.05, 0.1) is 6.54 Å². The molecule has 0 saturated heterocycles. The zero-order valence-corrected chi connectivity index (χ0v) is 18.8. The highest BCUT2D eigenvalue weighted by Crippen LogP contribution is 2.25. The van der Waals surface area contributed by atoms with Crippen LogP contribution in [0.25, 0.3) is 11.2 Å². The number of thioether (sulfide) groups is 1. The number of aliphatic hydroxyl groups excluding tert-OH is 1. The summed E-state index contributed by atoms with van der Waals surface area (Å²) in [6.45, 7) is 0.0796. The first-order chi connectivity index (χ1) is 15.4. The van der Waals surface area contributed by atoms with Crippen molar-refractivity contribution in [3.8, 4) is 5.75 Å². The van der Waals surface area contributed by atoms with Crippen LogP contribution >= 0.6 is 23.4 Å². The van der Waals surface area contributed by atoms with E-state index in [-0.39, 0.29) is 24.3 Å². The third-order valence-corrected chi connectivity index (χ3v) is 6.13. The van der Waals surface area contributed by atoms with Crippen LogP contribution in [0.1, 0.15) is 5.56 Å². The number of nitrogens with one attached hydrogen (secondary N) is 1. The summed E-state index contributed by atoms with van der Waals surface area (Å²) in [7, 11) is 1.55. The Balaban J connectivity index is 1.61. The lowest BCUT2D eigenvalue weighted by atomic mass is 10.2. The predicted molar refractivity (Wildman–Crippen MR) is 125 cm³/mol. The number of nitrogens with zero attached hydrogens (tertiary/aromatic N) is 3. The summed E-state index contributed by atoms with van der Waals surface area (Å²) in [6, 6.07) is 16.7. The molecule has 0 saturated carbocycles. The molecule has 8 nitrogen and oxygen atoms in total. The number of ether oxygens (including phenoxy) is 1. The molecule has 10 heteroatoms. The number of benzene rings is 2. The van der Waals surface area contributed by atoms with Gasteiger partial charge in [0.2, 0.25) is 0 Å². The third-order valence-electron chi connectivity index (χ3n) is 4.83. The van der Waals surface area contributed by atoms with Crippen molar-refractivity contribution < 1.29 is 9.84 Å². The first-order valence-electron chi connectivity index (χ1n) is 9.85. The molecule has 0 aliphatic heterocycles. The van der Waals surface area contributed by atoms with Gasteiger partial charge in [0, 0.05) is 17.8 Å². The number of fused-ring (bicyclic) bond motifs is 1. The molecule has 0 radical (unpaired) electrons. The molecule has 2 N–H and O–H groups in total. The fraction of sp³-hybridized carbons (Fsp3) is 0.227. The molecule has 0 aliphatic carbocycles. The normalized spacial score (nSPS) is 12.2. The van der Waals surface area contributed by atoms with Crippen molar-refractivity contribution in [1.29, 1.82) is 0 Å². The highest BCUT2D eigenvalue weighted by Gasteiger charge is 2.20. The Morgan fingerprint density at radius 3 is 2.59 bits per heavy atom. The van der Waals surface area contributed by atoms with E-state index in [0.29, 0.717) is 21.7 Å². The Morgan fingerprint density at radius 1 is 1.16 bits per heavy atom. The minimum atomic E-state index is -0.921. The number of imidazole rings is 1. The topological polar surface area (TPSA) is 102 Å². The summed E-state index contributed by atoms with van der Waals surface area (Å²) < 4.78 is 8.56. The molecule has 1 atom stereocenters. The van der Waals surface area contributed by atoms with Gasteiger partial charge < -0.3 is 14.4 Å². The lowest BCUT2D eigenvalue weighted by molar-refractivity contribution is 0.0914. The smallest absolute Gasteiger partial charge is 0.329 e. The summed E-state index contributed by atoms with van der Waals surface area (Å²) in [5.74, 6) is 1.19. The van der Waals surface area contributed by atoms with Gasteiger partial charge in [-0.2, -0.15) is 0 Å². The largest absolute Gasteiger partial charge is 0.491 e. The molecule has 166 valence electrons. The number of aromatic nitrogens is 4. The molecule has 4 aromatic rings. The number of aliphatic hydroxyl groups is 1. The van der Waals surface area contributed by atoms with Crippen molar-refractivity contribution in [2.24, 2.45) is 7.05 Å². The summed E-state index contributed by atoms with van der Waals surface area (Å²) in [5.41, 5.74) is 0.491. The standard InChI is InChI=1S/C22H21ClN4O4S/c1-26-19-18(20(29)25-21(26)30)27(22(24-19)32-13-14-5-3-2-4-6-14)11-16(28)12-31-17-9-7-15(23)8-10-17/h2-10,16,28H,11-13H2,1H3,(H,25,29,30)/t16-/m0/s1. The Bertz CT molecular complexity index is 1330. The van der Waals surface area contributed by atoms with Crippen molar-refractivity contribution in [2.45, 2.75) is 23.6 Å². The molecule has 0 spiro atoms. The van der Waals surface area contributed by atoms with Crippen LogP contribution < -0.4 is 16.0 Å². The van der Waals surface area contributed by atoms with Gasteiger partial charge in [-0.3, -0.25) is 14.3 Å². The number of hydrogen-bond acceptors (Lipinski definition) is 6. The molecule has 0 aliphatic rings. The van der Waals surface area contributed by atoms with Crippen LogP contribution in [0.2, 0.25) is 5.02 Å². The second-order valence-corrected chi connectivity index (χ2v) is 8.57. The van der Waals surface area contributed by atoms with E-state index < -0.39 is 17.4 Å². The van der Waals surface area contributed by atoms with Gasteiger partial charge in [-0.15, -0.1) is 0 Å². The van der Waals surface area contributed by atoms with Crippen LogP contribution in [0.15, 0.2) is 69.3 Å². The highest BCUT2D eigenvalue weighted by atomic mass is 35.5. The first-order valence-corrected chi connectivity index (χ1v) is 11.2. The fourth-order valence-electron chi connectivity index (χ4n) is 3.20. The molecule has 32 heavy (non-hydrogen) atoms. The average molecular weight is 473 g/mol. The minimum Gasteiger partial charge on any atom is -0.491 e. The average Bonchev–Trinajstić information content (AvgIpc) is 3.15. The number of aromatic amines is 1. The van der Waals surface area contributed by atoms with Crippen molar-refractivity contribution in [3.63, 3.8) is 0 Å². The van der Waals surface area contributed by atoms with Gasteiger partial charge in [-0.1, -0.05) is 53.7 Å². The molecule has 2 aromatic heterocycles. The van der Waals surface area contributed by atoms with Gasteiger partial charge in [0.25, 0.3) is 5.56 Å². The summed E-state index contributed by atoms with van der Waals surface area (Å²) in [4.78, 5) is 31.5. The van der Waals surface area contributed by atoms with E-state index >= 15 is 0 Å². The second kappa shape index (κ2) is 9.64. The van der Waals surface area contributed by atoms with Crippen LogP contribution in [-0.4, -0.2) is 36.9 Å². The number of rotatable bonds is 8. The molecule has 0 fully saturated rings. The van der Waals surface area contributed by atoms with Crippen molar-refractivity contribution in [1.82, 2.24) is 19.1 Å². The molecule has 0 amide bonds. The van der Waals surface area contributed by atoms with Gasteiger partial charge in [0.15, 0.2) is 16.3 Å². The number of halogens is 1. The number of aryl methyl sites for hydroxylation is 1. The van der Waals surface area contributed by atoms with Crippen molar-refractivity contribution in [2.75, 3.05) is 6.61 Å². The molecule has 0 unspecified atom stereocenters. The summed E-state index contributed by atoms with van der Waals surface area (Å²) in [5, 5.41) is 11.8. The lowest BCUT2D eigenvalue weighted by Crippen LogP contribution is -2.30. The van der Waals surface area contributed by atoms with Crippen LogP contribution in [0.3, 0.4) is 0 Å². The van der Waals surface area contributed by atoms with Gasteiger partial charge in [-0.05, 0) is 29.8 Å². The molecule has 2 heterocycles. The number of H-pyrrole nitrogens is 1. The number of hydrogen-bond donors (Lipinski definition) is 2. The van der Waals surface area contributed by atoms with Crippen LogP contribution in [-0.2, 0) is 19.3 Å². The Morgan fingerprint density at radius 2 is 1.88 bits per heavy atom.